The number of methoxy groups -OCH3 is 1. The molecule has 0 spiro atoms. The summed E-state index contributed by atoms with van der Waals surface area (Å²) in [5.74, 6) is -2.77. The largest absolute Gasteiger partial charge is 0.493 e. The Morgan fingerprint density at radius 1 is 1.07 bits per heavy atom. The summed E-state index contributed by atoms with van der Waals surface area (Å²) < 4.78 is 54.5. The maximum atomic E-state index is 16.0. The Balaban J connectivity index is 1.56. The number of carbonyl (C=O) groups excluding carboxylic acids is 1. The van der Waals surface area contributed by atoms with Crippen LogP contribution in [0.4, 0.5) is 8.78 Å². The van der Waals surface area contributed by atoms with Gasteiger partial charge in [0.2, 0.25) is 11.6 Å². The molecule has 208 valence electrons. The van der Waals surface area contributed by atoms with Crippen LogP contribution in [-0.4, -0.2) is 49.3 Å². The lowest BCUT2D eigenvalue weighted by Gasteiger charge is -2.18. The maximum absolute atomic E-state index is 16.0. The number of aromatic nitrogens is 2. The molecule has 3 N–H and O–H groups in total. The monoisotopic (exact) mass is 550 g/mol. The van der Waals surface area contributed by atoms with E-state index in [2.05, 4.69) is 15.3 Å². The lowest BCUT2D eigenvalue weighted by atomic mass is 10.0. The lowest BCUT2D eigenvalue weighted by molar-refractivity contribution is 0.100. The number of fused-ring (bicyclic) bond motifs is 1. The van der Waals surface area contributed by atoms with Crippen molar-refractivity contribution >= 4 is 16.8 Å². The third kappa shape index (κ3) is 5.59. The minimum atomic E-state index is -1.07. The predicted octanol–water partition coefficient (Wildman–Crippen LogP) is 5.00. The average Bonchev–Trinajstić information content (AvgIpc) is 3.78. The molecule has 0 bridgehead atoms. The number of nitrogens with zero attached hydrogens (tertiary/aromatic N) is 2. The number of rotatable bonds is 12. The Bertz CT molecular complexity index is 1560. The molecule has 1 aliphatic carbocycles. The van der Waals surface area contributed by atoms with Gasteiger partial charge in [-0.15, -0.1) is 0 Å². The minimum Gasteiger partial charge on any atom is -0.493 e. The van der Waals surface area contributed by atoms with Gasteiger partial charge in [-0.1, -0.05) is 0 Å². The van der Waals surface area contributed by atoms with Gasteiger partial charge >= 0.3 is 0 Å². The van der Waals surface area contributed by atoms with Gasteiger partial charge < -0.3 is 30.0 Å². The molecule has 0 aliphatic heterocycles. The van der Waals surface area contributed by atoms with Gasteiger partial charge in [0.05, 0.1) is 36.6 Å². The van der Waals surface area contributed by atoms with Gasteiger partial charge in [0.1, 0.15) is 5.75 Å². The number of amides is 1. The van der Waals surface area contributed by atoms with E-state index in [1.165, 1.54) is 37.7 Å². The number of benzene rings is 2. The maximum Gasteiger partial charge on any atom is 0.250 e. The molecule has 9 nitrogen and oxygen atoms in total. The van der Waals surface area contributed by atoms with Crippen molar-refractivity contribution in [3.05, 3.63) is 66.0 Å². The van der Waals surface area contributed by atoms with E-state index < -0.39 is 23.3 Å². The predicted molar refractivity (Wildman–Crippen MR) is 144 cm³/mol. The van der Waals surface area contributed by atoms with Crippen LogP contribution in [0.15, 0.2) is 48.8 Å². The zero-order valence-corrected chi connectivity index (χ0v) is 22.0. The Morgan fingerprint density at radius 2 is 1.90 bits per heavy atom. The van der Waals surface area contributed by atoms with Crippen LogP contribution in [0, 0.1) is 11.6 Å². The Kier molecular flexibility index (Phi) is 7.92. The first-order valence-electron chi connectivity index (χ1n) is 12.8. The molecule has 2 heterocycles. The fourth-order valence-electron chi connectivity index (χ4n) is 4.17. The first kappa shape index (κ1) is 27.1. The van der Waals surface area contributed by atoms with Crippen LogP contribution in [0.5, 0.6) is 28.7 Å². The topological polar surface area (TPSA) is 118 Å². The second-order valence-electron chi connectivity index (χ2n) is 9.20. The molecule has 40 heavy (non-hydrogen) atoms. The van der Waals surface area contributed by atoms with Crippen LogP contribution in [0.1, 0.15) is 29.6 Å². The normalized spacial score (nSPS) is 12.8. The molecular formula is C29H28F2N4O5. The summed E-state index contributed by atoms with van der Waals surface area (Å²) in [7, 11) is 3.36. The molecule has 5 rings (SSSR count). The van der Waals surface area contributed by atoms with Crippen molar-refractivity contribution in [3.63, 3.8) is 0 Å². The second-order valence-corrected chi connectivity index (χ2v) is 9.20. The molecule has 0 radical (unpaired) electrons. The number of nitrogens with one attached hydrogen (secondary N) is 1. The van der Waals surface area contributed by atoms with Gasteiger partial charge in [-0.3, -0.25) is 14.8 Å². The molecule has 0 atom stereocenters. The number of primary amides is 1. The molecule has 4 aromatic rings. The van der Waals surface area contributed by atoms with Crippen molar-refractivity contribution in [3.8, 4) is 40.0 Å². The van der Waals surface area contributed by atoms with E-state index in [-0.39, 0.29) is 34.4 Å². The van der Waals surface area contributed by atoms with Crippen LogP contribution in [0.2, 0.25) is 0 Å². The summed E-state index contributed by atoms with van der Waals surface area (Å²) in [6, 6.07) is 8.80. The average molecular weight is 551 g/mol. The number of carbonyl (C=O) groups is 1. The zero-order valence-electron chi connectivity index (χ0n) is 22.0. The summed E-state index contributed by atoms with van der Waals surface area (Å²) in [6.45, 7) is 1.25. The van der Waals surface area contributed by atoms with Crippen molar-refractivity contribution < 1.29 is 32.5 Å². The summed E-state index contributed by atoms with van der Waals surface area (Å²) in [5, 5.41) is 3.51. The number of hydrogen-bond donors (Lipinski definition) is 2. The summed E-state index contributed by atoms with van der Waals surface area (Å²) in [4.78, 5) is 20.5. The van der Waals surface area contributed by atoms with Gasteiger partial charge in [-0.2, -0.15) is 4.39 Å². The fourth-order valence-corrected chi connectivity index (χ4v) is 4.17. The number of nitrogens with two attached hydrogens (primary N) is 1. The van der Waals surface area contributed by atoms with Crippen LogP contribution in [0.25, 0.3) is 22.2 Å². The highest BCUT2D eigenvalue weighted by molar-refractivity contribution is 5.99. The van der Waals surface area contributed by atoms with E-state index >= 15 is 8.78 Å². The number of halogens is 2. The van der Waals surface area contributed by atoms with Crippen molar-refractivity contribution in [1.29, 1.82) is 0 Å². The van der Waals surface area contributed by atoms with Crippen molar-refractivity contribution in [2.45, 2.75) is 25.4 Å². The van der Waals surface area contributed by atoms with Gasteiger partial charge in [0.25, 0.3) is 5.91 Å². The van der Waals surface area contributed by atoms with E-state index in [4.69, 9.17) is 24.7 Å². The molecule has 1 amide bonds. The number of pyridine rings is 2. The van der Waals surface area contributed by atoms with E-state index in [0.29, 0.717) is 41.9 Å². The standard InChI is InChI=1S/C29H28F2N4O5/c1-33-9-4-12-38-24-15-21-18(14-23(24)37-2)22(8-11-34-21)40-28-20(30)13-19(27(25(28)31)39-16-6-7-16)26-17(29(32)36)5-3-10-35-26/h3,5,8,10-11,13-16,33H,4,6-7,9,12H2,1-2H3,(H2,32,36). The minimum absolute atomic E-state index is 0.00631. The van der Waals surface area contributed by atoms with E-state index in [0.717, 1.165) is 19.0 Å². The molecule has 0 unspecified atom stereocenters. The third-order valence-corrected chi connectivity index (χ3v) is 6.30. The van der Waals surface area contributed by atoms with Crippen LogP contribution < -0.4 is 30.0 Å². The fraction of sp³-hybridized carbons (Fsp3) is 0.276. The number of ether oxygens (including phenoxy) is 4. The highest BCUT2D eigenvalue weighted by atomic mass is 19.1. The smallest absolute Gasteiger partial charge is 0.250 e. The van der Waals surface area contributed by atoms with Crippen molar-refractivity contribution in [2.24, 2.45) is 5.73 Å². The highest BCUT2D eigenvalue weighted by Crippen LogP contribution is 2.45. The first-order chi connectivity index (χ1) is 19.4. The molecule has 1 fully saturated rings. The quantitative estimate of drug-likeness (QED) is 0.237. The van der Waals surface area contributed by atoms with E-state index in [1.54, 1.807) is 12.1 Å². The number of hydrogen-bond acceptors (Lipinski definition) is 8. The summed E-state index contributed by atoms with van der Waals surface area (Å²) in [5.41, 5.74) is 5.95. The summed E-state index contributed by atoms with van der Waals surface area (Å²) >= 11 is 0. The Labute approximate surface area is 229 Å². The lowest BCUT2D eigenvalue weighted by Crippen LogP contribution is -2.14. The molecule has 2 aromatic carbocycles. The third-order valence-electron chi connectivity index (χ3n) is 6.30. The van der Waals surface area contributed by atoms with Crippen LogP contribution in [0.3, 0.4) is 0 Å². The highest BCUT2D eigenvalue weighted by Gasteiger charge is 2.31. The van der Waals surface area contributed by atoms with Crippen molar-refractivity contribution in [1.82, 2.24) is 15.3 Å². The molecule has 0 saturated heterocycles. The van der Waals surface area contributed by atoms with Crippen LogP contribution >= 0.6 is 0 Å². The van der Waals surface area contributed by atoms with Gasteiger partial charge in [0.15, 0.2) is 23.1 Å². The molecular weight excluding hydrogens is 522 g/mol. The summed E-state index contributed by atoms with van der Waals surface area (Å²) in [6.07, 6.45) is 4.83. The zero-order chi connectivity index (χ0) is 28.2. The first-order valence-corrected chi connectivity index (χ1v) is 12.8. The Morgan fingerprint density at radius 3 is 2.62 bits per heavy atom. The van der Waals surface area contributed by atoms with Crippen LogP contribution in [-0.2, 0) is 0 Å². The van der Waals surface area contributed by atoms with Crippen molar-refractivity contribution in [2.75, 3.05) is 27.3 Å². The SMILES string of the molecule is CNCCCOc1cc2nccc(Oc3c(F)cc(-c4ncccc4C(N)=O)c(OC4CC4)c3F)c2cc1OC. The van der Waals surface area contributed by atoms with Gasteiger partial charge in [0, 0.05) is 29.4 Å². The molecule has 2 aromatic heterocycles. The van der Waals surface area contributed by atoms with Gasteiger partial charge in [-0.25, -0.2) is 4.39 Å². The second kappa shape index (κ2) is 11.7. The van der Waals surface area contributed by atoms with E-state index in [1.807, 2.05) is 7.05 Å². The molecule has 1 saturated carbocycles. The molecule has 11 heteroatoms. The Hall–Kier alpha value is -4.51. The molecule has 1 aliphatic rings. The van der Waals surface area contributed by atoms with Gasteiger partial charge in [-0.05, 0) is 63.2 Å². The van der Waals surface area contributed by atoms with E-state index in [9.17, 15) is 4.79 Å².